The lowest BCUT2D eigenvalue weighted by Gasteiger charge is -2.16. The fourth-order valence-electron chi connectivity index (χ4n) is 3.52. The van der Waals surface area contributed by atoms with Crippen molar-refractivity contribution in [2.75, 3.05) is 0 Å². The van der Waals surface area contributed by atoms with E-state index < -0.39 is 0 Å². The lowest BCUT2D eigenvalue weighted by molar-refractivity contribution is 0.0933. The Bertz CT molecular complexity index is 1010. The van der Waals surface area contributed by atoms with E-state index in [1.807, 2.05) is 25.1 Å². The van der Waals surface area contributed by atoms with Crippen LogP contribution in [0.1, 0.15) is 40.3 Å². The van der Waals surface area contributed by atoms with Gasteiger partial charge in [-0.3, -0.25) is 9.36 Å². The van der Waals surface area contributed by atoms with E-state index in [4.69, 9.17) is 0 Å². The fourth-order valence-corrected chi connectivity index (χ4v) is 3.52. The molecule has 1 unspecified atom stereocenters. The van der Waals surface area contributed by atoms with Crippen LogP contribution < -0.4 is 11.0 Å². The molecule has 7 nitrogen and oxygen atoms in total. The zero-order chi connectivity index (χ0) is 17.6. The van der Waals surface area contributed by atoms with E-state index in [0.717, 1.165) is 35.3 Å². The van der Waals surface area contributed by atoms with Crippen LogP contribution in [-0.2, 0) is 13.0 Å². The summed E-state index contributed by atoms with van der Waals surface area (Å²) in [7, 11) is 0. The Hall–Kier alpha value is -2.83. The van der Waals surface area contributed by atoms with Gasteiger partial charge in [0.05, 0.1) is 0 Å². The molecular formula is C18H21N5O2. The summed E-state index contributed by atoms with van der Waals surface area (Å²) >= 11 is 0. The summed E-state index contributed by atoms with van der Waals surface area (Å²) in [5.74, 6) is 0.695. The van der Waals surface area contributed by atoms with E-state index in [1.165, 1.54) is 5.56 Å². The number of hydrogen-bond acceptors (Lipinski definition) is 3. The van der Waals surface area contributed by atoms with Crippen molar-refractivity contribution in [1.82, 2.24) is 25.1 Å². The maximum atomic E-state index is 12.7. The van der Waals surface area contributed by atoms with Crippen LogP contribution in [-0.4, -0.2) is 31.7 Å². The minimum Gasteiger partial charge on any atom is -0.358 e. The molecule has 0 radical (unpaired) electrons. The third-order valence-corrected chi connectivity index (χ3v) is 5.16. The number of aromatic nitrogens is 4. The summed E-state index contributed by atoms with van der Waals surface area (Å²) in [5, 5.41) is 10.7. The van der Waals surface area contributed by atoms with Gasteiger partial charge in [0.1, 0.15) is 5.82 Å². The molecule has 1 aliphatic rings. The Balaban J connectivity index is 1.50. The molecule has 0 fully saturated rings. The molecule has 0 saturated heterocycles. The van der Waals surface area contributed by atoms with Crippen molar-refractivity contribution in [2.24, 2.45) is 0 Å². The molecule has 130 valence electrons. The van der Waals surface area contributed by atoms with Crippen LogP contribution in [0.3, 0.4) is 0 Å². The van der Waals surface area contributed by atoms with Gasteiger partial charge in [-0.05, 0) is 50.5 Å². The Kier molecular flexibility index (Phi) is 3.71. The summed E-state index contributed by atoms with van der Waals surface area (Å²) in [6.45, 7) is 4.66. The van der Waals surface area contributed by atoms with Crippen LogP contribution in [0, 0.1) is 13.8 Å². The molecule has 25 heavy (non-hydrogen) atoms. The number of nitrogens with one attached hydrogen (secondary N) is 3. The summed E-state index contributed by atoms with van der Waals surface area (Å²) in [6.07, 6.45) is 2.18. The average molecular weight is 339 g/mol. The van der Waals surface area contributed by atoms with Crippen LogP contribution in [0.5, 0.6) is 0 Å². The number of carbonyl (C=O) groups excluding carboxylic acids is 1. The standard InChI is InChI=1S/C18H21N5O2/c1-10-11(2)19-15-5-3-12(9-14(10)15)17(24)20-13-4-6-16-21-22-18(25)23(16)8-7-13/h3,5,9,13,19H,4,6-8H2,1-2H3,(H,20,24)(H,22,25). The molecule has 0 aliphatic carbocycles. The molecule has 0 saturated carbocycles. The molecule has 7 heteroatoms. The third kappa shape index (κ3) is 2.75. The Labute approximate surface area is 144 Å². The lowest BCUT2D eigenvalue weighted by Crippen LogP contribution is -2.35. The van der Waals surface area contributed by atoms with E-state index in [-0.39, 0.29) is 17.6 Å². The van der Waals surface area contributed by atoms with Crippen molar-refractivity contribution in [3.63, 3.8) is 0 Å². The highest BCUT2D eigenvalue weighted by molar-refractivity contribution is 5.99. The highest BCUT2D eigenvalue weighted by atomic mass is 16.2. The topological polar surface area (TPSA) is 95.6 Å². The van der Waals surface area contributed by atoms with Gasteiger partial charge in [-0.1, -0.05) is 0 Å². The summed E-state index contributed by atoms with van der Waals surface area (Å²) in [5.41, 5.74) is 3.82. The van der Waals surface area contributed by atoms with E-state index in [0.29, 0.717) is 18.5 Å². The minimum atomic E-state index is -0.175. The monoisotopic (exact) mass is 339 g/mol. The smallest absolute Gasteiger partial charge is 0.343 e. The van der Waals surface area contributed by atoms with Gasteiger partial charge in [0, 0.05) is 41.2 Å². The van der Waals surface area contributed by atoms with Gasteiger partial charge in [0.15, 0.2) is 0 Å². The van der Waals surface area contributed by atoms with E-state index in [1.54, 1.807) is 4.57 Å². The molecular weight excluding hydrogens is 318 g/mol. The predicted octanol–water partition coefficient (Wildman–Crippen LogP) is 1.80. The number of aryl methyl sites for hydroxylation is 3. The number of carbonyl (C=O) groups is 1. The zero-order valence-corrected chi connectivity index (χ0v) is 14.3. The second-order valence-corrected chi connectivity index (χ2v) is 6.73. The van der Waals surface area contributed by atoms with Crippen LogP contribution in [0.2, 0.25) is 0 Å². The molecule has 2 aromatic heterocycles. The number of nitrogens with zero attached hydrogens (tertiary/aromatic N) is 2. The molecule has 0 spiro atoms. The summed E-state index contributed by atoms with van der Waals surface area (Å²) in [6, 6.07) is 5.78. The zero-order valence-electron chi connectivity index (χ0n) is 14.3. The van der Waals surface area contributed by atoms with Crippen LogP contribution >= 0.6 is 0 Å². The van der Waals surface area contributed by atoms with Gasteiger partial charge in [-0.25, -0.2) is 9.89 Å². The van der Waals surface area contributed by atoms with Crippen molar-refractivity contribution < 1.29 is 4.79 Å². The van der Waals surface area contributed by atoms with Gasteiger partial charge in [-0.15, -0.1) is 0 Å². The number of rotatable bonds is 2. The number of H-pyrrole nitrogens is 2. The number of amides is 1. The molecule has 4 rings (SSSR count). The van der Waals surface area contributed by atoms with Crippen LogP contribution in [0.15, 0.2) is 23.0 Å². The van der Waals surface area contributed by atoms with Crippen molar-refractivity contribution >= 4 is 16.8 Å². The first kappa shape index (κ1) is 15.7. The molecule has 1 aliphatic heterocycles. The Morgan fingerprint density at radius 3 is 3.00 bits per heavy atom. The van der Waals surface area contributed by atoms with E-state index in [2.05, 4.69) is 27.4 Å². The van der Waals surface area contributed by atoms with Crippen molar-refractivity contribution in [3.05, 3.63) is 51.3 Å². The molecule has 3 aromatic rings. The molecule has 1 atom stereocenters. The van der Waals surface area contributed by atoms with Crippen molar-refractivity contribution in [1.29, 1.82) is 0 Å². The SMILES string of the molecule is Cc1[nH]c2ccc(C(=O)NC3CCc4n[nH]c(=O)n4CC3)cc2c1C. The summed E-state index contributed by atoms with van der Waals surface area (Å²) < 4.78 is 1.66. The van der Waals surface area contributed by atoms with Gasteiger partial charge in [-0.2, -0.15) is 5.10 Å². The second-order valence-electron chi connectivity index (χ2n) is 6.73. The molecule has 1 amide bonds. The first-order valence-corrected chi connectivity index (χ1v) is 8.57. The van der Waals surface area contributed by atoms with E-state index in [9.17, 15) is 9.59 Å². The molecule has 0 bridgehead atoms. The highest BCUT2D eigenvalue weighted by Crippen LogP contribution is 2.22. The highest BCUT2D eigenvalue weighted by Gasteiger charge is 2.21. The van der Waals surface area contributed by atoms with Gasteiger partial charge in [0.2, 0.25) is 0 Å². The maximum Gasteiger partial charge on any atom is 0.343 e. The average Bonchev–Trinajstić information content (AvgIpc) is 3.00. The molecule has 3 N–H and O–H groups in total. The molecule has 1 aromatic carbocycles. The first-order chi connectivity index (χ1) is 12.0. The third-order valence-electron chi connectivity index (χ3n) is 5.16. The van der Waals surface area contributed by atoms with Crippen molar-refractivity contribution in [2.45, 2.75) is 45.7 Å². The van der Waals surface area contributed by atoms with Crippen molar-refractivity contribution in [3.8, 4) is 0 Å². The minimum absolute atomic E-state index is 0.0401. The normalized spacial score (nSPS) is 17.3. The molecule has 3 heterocycles. The van der Waals surface area contributed by atoms with Gasteiger partial charge < -0.3 is 10.3 Å². The lowest BCUT2D eigenvalue weighted by atomic mass is 10.1. The van der Waals surface area contributed by atoms with Gasteiger partial charge >= 0.3 is 5.69 Å². The largest absolute Gasteiger partial charge is 0.358 e. The predicted molar refractivity (Wildman–Crippen MR) is 94.8 cm³/mol. The van der Waals surface area contributed by atoms with Crippen LogP contribution in [0.4, 0.5) is 0 Å². The quantitative estimate of drug-likeness (QED) is 0.664. The maximum absolute atomic E-state index is 12.7. The Morgan fingerprint density at radius 1 is 1.32 bits per heavy atom. The Morgan fingerprint density at radius 2 is 2.16 bits per heavy atom. The number of aromatic amines is 2. The number of fused-ring (bicyclic) bond motifs is 2. The van der Waals surface area contributed by atoms with Crippen LogP contribution in [0.25, 0.3) is 10.9 Å². The van der Waals surface area contributed by atoms with E-state index >= 15 is 0 Å². The number of benzene rings is 1. The first-order valence-electron chi connectivity index (χ1n) is 8.57. The number of hydrogen-bond donors (Lipinski definition) is 3. The van der Waals surface area contributed by atoms with Gasteiger partial charge in [0.25, 0.3) is 5.91 Å². The summed E-state index contributed by atoms with van der Waals surface area (Å²) in [4.78, 5) is 27.7. The fraction of sp³-hybridized carbons (Fsp3) is 0.389. The second kappa shape index (κ2) is 5.91.